The van der Waals surface area contributed by atoms with E-state index in [2.05, 4.69) is 5.32 Å². The number of anilines is 1. The molecular formula is C19H22N2O4S. The molecule has 2 heterocycles. The summed E-state index contributed by atoms with van der Waals surface area (Å²) in [5.41, 5.74) is 3.29. The first-order chi connectivity index (χ1) is 12.5. The highest BCUT2D eigenvalue weighted by molar-refractivity contribution is 7.89. The Morgan fingerprint density at radius 3 is 2.54 bits per heavy atom. The number of sulfonamides is 1. The molecule has 1 saturated heterocycles. The Labute approximate surface area is 153 Å². The number of furan rings is 1. The zero-order valence-electron chi connectivity index (χ0n) is 14.5. The molecule has 0 saturated carbocycles. The van der Waals surface area contributed by atoms with Crippen LogP contribution in [0.1, 0.15) is 47.4 Å². The molecule has 6 nitrogen and oxygen atoms in total. The Morgan fingerprint density at radius 2 is 1.73 bits per heavy atom. The van der Waals surface area contributed by atoms with E-state index in [-0.39, 0.29) is 10.9 Å². The second-order valence-corrected chi connectivity index (χ2v) is 8.74. The van der Waals surface area contributed by atoms with Crippen molar-refractivity contribution in [3.8, 4) is 0 Å². The Balaban J connectivity index is 1.49. The predicted octanol–water partition coefficient (Wildman–Crippen LogP) is 3.20. The van der Waals surface area contributed by atoms with Crippen molar-refractivity contribution in [2.45, 2.75) is 43.6 Å². The van der Waals surface area contributed by atoms with Crippen LogP contribution in [0.3, 0.4) is 0 Å². The van der Waals surface area contributed by atoms with Crippen LogP contribution >= 0.6 is 0 Å². The van der Waals surface area contributed by atoms with E-state index in [0.29, 0.717) is 18.8 Å². The fourth-order valence-corrected chi connectivity index (χ4v) is 5.08. The average Bonchev–Trinajstić information content (AvgIpc) is 3.32. The van der Waals surface area contributed by atoms with Gasteiger partial charge in [0, 0.05) is 18.8 Å². The SMILES string of the molecule is O=C(Nc1ccc2c(c1)CCC2)c1ccc(S(=O)(=O)N2CCCCC2)o1. The number of nitrogens with zero attached hydrogens (tertiary/aromatic N) is 1. The number of carbonyl (C=O) groups is 1. The van der Waals surface area contributed by atoms with Crippen LogP contribution in [0.2, 0.25) is 0 Å². The van der Waals surface area contributed by atoms with E-state index in [1.165, 1.54) is 27.6 Å². The third kappa shape index (κ3) is 3.29. The number of hydrogen-bond donors (Lipinski definition) is 1. The predicted molar refractivity (Wildman–Crippen MR) is 97.7 cm³/mol. The van der Waals surface area contributed by atoms with Gasteiger partial charge in [0.1, 0.15) is 0 Å². The number of piperidine rings is 1. The van der Waals surface area contributed by atoms with E-state index in [9.17, 15) is 13.2 Å². The van der Waals surface area contributed by atoms with Gasteiger partial charge in [-0.2, -0.15) is 4.31 Å². The Morgan fingerprint density at radius 1 is 0.962 bits per heavy atom. The molecule has 1 aliphatic carbocycles. The van der Waals surface area contributed by atoms with Crippen LogP contribution < -0.4 is 5.32 Å². The topological polar surface area (TPSA) is 79.6 Å². The van der Waals surface area contributed by atoms with Crippen LogP contribution in [0, 0.1) is 0 Å². The van der Waals surface area contributed by atoms with Gasteiger partial charge >= 0.3 is 0 Å². The van der Waals surface area contributed by atoms with Crippen molar-refractivity contribution in [3.05, 3.63) is 47.2 Å². The lowest BCUT2D eigenvalue weighted by molar-refractivity contribution is 0.0991. The van der Waals surface area contributed by atoms with Crippen molar-refractivity contribution in [3.63, 3.8) is 0 Å². The lowest BCUT2D eigenvalue weighted by Crippen LogP contribution is -2.35. The Kier molecular flexibility index (Phi) is 4.58. The van der Waals surface area contributed by atoms with Gasteiger partial charge in [-0.05, 0) is 67.5 Å². The zero-order valence-corrected chi connectivity index (χ0v) is 15.3. The third-order valence-corrected chi connectivity index (χ3v) is 6.84. The lowest BCUT2D eigenvalue weighted by Gasteiger charge is -2.24. The van der Waals surface area contributed by atoms with Gasteiger partial charge in [0.15, 0.2) is 5.76 Å². The first-order valence-electron chi connectivity index (χ1n) is 9.07. The minimum absolute atomic E-state index is 0.00100. The largest absolute Gasteiger partial charge is 0.438 e. The maximum atomic E-state index is 12.6. The minimum atomic E-state index is -3.67. The third-order valence-electron chi connectivity index (χ3n) is 5.07. The second kappa shape index (κ2) is 6.89. The van der Waals surface area contributed by atoms with E-state index >= 15 is 0 Å². The molecule has 1 aromatic heterocycles. The first-order valence-corrected chi connectivity index (χ1v) is 10.5. The summed E-state index contributed by atoms with van der Waals surface area (Å²) >= 11 is 0. The minimum Gasteiger partial charge on any atom is -0.438 e. The molecule has 26 heavy (non-hydrogen) atoms. The van der Waals surface area contributed by atoms with Crippen LogP contribution in [-0.2, 0) is 22.9 Å². The molecule has 0 spiro atoms. The molecule has 2 aliphatic rings. The van der Waals surface area contributed by atoms with Crippen LogP contribution in [0.25, 0.3) is 0 Å². The van der Waals surface area contributed by atoms with Crippen LogP contribution in [0.15, 0.2) is 39.8 Å². The molecule has 1 aromatic carbocycles. The molecule has 0 atom stereocenters. The Bertz CT molecular complexity index is 927. The van der Waals surface area contributed by atoms with E-state index in [4.69, 9.17) is 4.42 Å². The van der Waals surface area contributed by atoms with Gasteiger partial charge in [0.05, 0.1) is 0 Å². The van der Waals surface area contributed by atoms with E-state index in [0.717, 1.165) is 38.5 Å². The van der Waals surface area contributed by atoms with Crippen molar-refractivity contribution in [2.75, 3.05) is 18.4 Å². The molecule has 1 aliphatic heterocycles. The molecule has 138 valence electrons. The normalized spacial score (nSPS) is 17.8. The van der Waals surface area contributed by atoms with E-state index in [1.807, 2.05) is 18.2 Å². The molecule has 0 unspecified atom stereocenters. The van der Waals surface area contributed by atoms with Gasteiger partial charge in [-0.15, -0.1) is 0 Å². The highest BCUT2D eigenvalue weighted by Gasteiger charge is 2.29. The van der Waals surface area contributed by atoms with Crippen LogP contribution in [-0.4, -0.2) is 31.7 Å². The number of hydrogen-bond acceptors (Lipinski definition) is 4. The average molecular weight is 374 g/mol. The van der Waals surface area contributed by atoms with Crippen molar-refractivity contribution in [1.82, 2.24) is 4.31 Å². The molecule has 7 heteroatoms. The van der Waals surface area contributed by atoms with Crippen molar-refractivity contribution >= 4 is 21.6 Å². The zero-order chi connectivity index (χ0) is 18.1. The van der Waals surface area contributed by atoms with Gasteiger partial charge in [-0.3, -0.25) is 4.79 Å². The summed E-state index contributed by atoms with van der Waals surface area (Å²) in [4.78, 5) is 12.4. The number of fused-ring (bicyclic) bond motifs is 1. The number of amides is 1. The monoisotopic (exact) mass is 374 g/mol. The maximum Gasteiger partial charge on any atom is 0.291 e. The van der Waals surface area contributed by atoms with Gasteiger partial charge in [0.25, 0.3) is 15.9 Å². The lowest BCUT2D eigenvalue weighted by atomic mass is 10.1. The number of nitrogens with one attached hydrogen (secondary N) is 1. The number of carbonyl (C=O) groups excluding carboxylic acids is 1. The highest BCUT2D eigenvalue weighted by Crippen LogP contribution is 2.26. The molecule has 0 radical (unpaired) electrons. The maximum absolute atomic E-state index is 12.6. The van der Waals surface area contributed by atoms with Gasteiger partial charge in [-0.1, -0.05) is 12.5 Å². The summed E-state index contributed by atoms with van der Waals surface area (Å²) in [5.74, 6) is -0.441. The van der Waals surface area contributed by atoms with Crippen molar-refractivity contribution in [2.24, 2.45) is 0 Å². The summed E-state index contributed by atoms with van der Waals surface area (Å²) in [6.45, 7) is 0.999. The molecule has 2 aromatic rings. The standard InChI is InChI=1S/C19H22N2O4S/c22-19(20-16-8-7-14-5-4-6-15(14)13-16)17-9-10-18(25-17)26(23,24)21-11-2-1-3-12-21/h7-10,13H,1-6,11-12H2,(H,20,22). The molecule has 1 fully saturated rings. The molecular weight excluding hydrogens is 352 g/mol. The summed E-state index contributed by atoms with van der Waals surface area (Å²) in [6.07, 6.45) is 6.00. The number of benzene rings is 1. The van der Waals surface area contributed by atoms with E-state index in [1.54, 1.807) is 0 Å². The molecule has 4 rings (SSSR count). The first kappa shape index (κ1) is 17.3. The smallest absolute Gasteiger partial charge is 0.291 e. The molecule has 1 N–H and O–H groups in total. The van der Waals surface area contributed by atoms with Gasteiger partial charge in [0.2, 0.25) is 5.09 Å². The number of rotatable bonds is 4. The van der Waals surface area contributed by atoms with Crippen LogP contribution in [0.5, 0.6) is 0 Å². The summed E-state index contributed by atoms with van der Waals surface area (Å²) in [5, 5.41) is 2.62. The van der Waals surface area contributed by atoms with Crippen molar-refractivity contribution < 1.29 is 17.6 Å². The fourth-order valence-electron chi connectivity index (χ4n) is 3.66. The quantitative estimate of drug-likeness (QED) is 0.891. The van der Waals surface area contributed by atoms with Gasteiger partial charge in [-0.25, -0.2) is 8.42 Å². The number of aryl methyl sites for hydroxylation is 2. The van der Waals surface area contributed by atoms with Crippen LogP contribution in [0.4, 0.5) is 5.69 Å². The summed E-state index contributed by atoms with van der Waals surface area (Å²) < 4.78 is 32.0. The van der Waals surface area contributed by atoms with Gasteiger partial charge < -0.3 is 9.73 Å². The summed E-state index contributed by atoms with van der Waals surface area (Å²) in [7, 11) is -3.67. The molecule has 0 bridgehead atoms. The molecule has 1 amide bonds. The summed E-state index contributed by atoms with van der Waals surface area (Å²) in [6, 6.07) is 8.67. The second-order valence-electron chi connectivity index (χ2n) is 6.87. The van der Waals surface area contributed by atoms with E-state index < -0.39 is 15.9 Å². The highest BCUT2D eigenvalue weighted by atomic mass is 32.2. The van der Waals surface area contributed by atoms with Crippen molar-refractivity contribution in [1.29, 1.82) is 0 Å². The fraction of sp³-hybridized carbons (Fsp3) is 0.421. The Hall–Kier alpha value is -2.12.